The van der Waals surface area contributed by atoms with Crippen LogP contribution in [0.5, 0.6) is 0 Å². The van der Waals surface area contributed by atoms with Crippen LogP contribution in [0, 0.1) is 0 Å². The highest BCUT2D eigenvalue weighted by atomic mass is 16.7. The van der Waals surface area contributed by atoms with Gasteiger partial charge in [0.2, 0.25) is 6.29 Å². The lowest BCUT2D eigenvalue weighted by Crippen LogP contribution is -2.11. The number of hydrogen-bond donors (Lipinski definition) is 0. The standard InChI is InChI=1S/C6H10O3/c1-5(7-2)6-8-3-4-9-6/h6H,1,3-4H2,2H3. The summed E-state index contributed by atoms with van der Waals surface area (Å²) in [5.41, 5.74) is 0. The normalized spacial score (nSPS) is 20.1. The maximum Gasteiger partial charge on any atom is 0.216 e. The Balaban J connectivity index is 2.32. The fraction of sp³-hybridized carbons (Fsp3) is 0.667. The molecular formula is C6H10O3. The minimum Gasteiger partial charge on any atom is -0.496 e. The molecule has 0 aromatic carbocycles. The Morgan fingerprint density at radius 3 is 2.56 bits per heavy atom. The van der Waals surface area contributed by atoms with Gasteiger partial charge >= 0.3 is 0 Å². The highest BCUT2D eigenvalue weighted by Crippen LogP contribution is 2.11. The molecule has 1 fully saturated rings. The van der Waals surface area contributed by atoms with E-state index >= 15 is 0 Å². The molecule has 0 atom stereocenters. The Labute approximate surface area is 54.2 Å². The van der Waals surface area contributed by atoms with E-state index in [4.69, 9.17) is 14.2 Å². The van der Waals surface area contributed by atoms with Gasteiger partial charge in [0.15, 0.2) is 0 Å². The molecule has 1 saturated heterocycles. The topological polar surface area (TPSA) is 27.7 Å². The second kappa shape index (κ2) is 2.85. The smallest absolute Gasteiger partial charge is 0.216 e. The van der Waals surface area contributed by atoms with Gasteiger partial charge in [-0.15, -0.1) is 0 Å². The third-order valence-corrected chi connectivity index (χ3v) is 1.15. The predicted octanol–water partition coefficient (Wildman–Crippen LogP) is 0.519. The van der Waals surface area contributed by atoms with Gasteiger partial charge in [-0.1, -0.05) is 6.58 Å². The molecule has 1 heterocycles. The first-order valence-electron chi connectivity index (χ1n) is 2.80. The Morgan fingerprint density at radius 2 is 2.11 bits per heavy atom. The average Bonchev–Trinajstić information content (AvgIpc) is 2.37. The molecule has 0 radical (unpaired) electrons. The molecule has 0 spiro atoms. The molecule has 0 N–H and O–H groups in total. The zero-order valence-electron chi connectivity index (χ0n) is 5.42. The summed E-state index contributed by atoms with van der Waals surface area (Å²) in [7, 11) is 1.55. The summed E-state index contributed by atoms with van der Waals surface area (Å²) in [5, 5.41) is 0. The summed E-state index contributed by atoms with van der Waals surface area (Å²) in [4.78, 5) is 0. The lowest BCUT2D eigenvalue weighted by atomic mass is 10.5. The van der Waals surface area contributed by atoms with Gasteiger partial charge < -0.3 is 14.2 Å². The van der Waals surface area contributed by atoms with Gasteiger partial charge in [0.05, 0.1) is 20.3 Å². The number of hydrogen-bond acceptors (Lipinski definition) is 3. The van der Waals surface area contributed by atoms with E-state index in [1.807, 2.05) is 0 Å². The maximum absolute atomic E-state index is 5.06. The number of rotatable bonds is 2. The van der Waals surface area contributed by atoms with Crippen molar-refractivity contribution in [3.8, 4) is 0 Å². The first-order chi connectivity index (χ1) is 4.34. The van der Waals surface area contributed by atoms with Crippen LogP contribution in [0.4, 0.5) is 0 Å². The van der Waals surface area contributed by atoms with E-state index in [9.17, 15) is 0 Å². The van der Waals surface area contributed by atoms with Gasteiger partial charge in [0.25, 0.3) is 0 Å². The van der Waals surface area contributed by atoms with E-state index in [2.05, 4.69) is 6.58 Å². The highest BCUT2D eigenvalue weighted by molar-refractivity contribution is 4.88. The SMILES string of the molecule is C=C(OC)C1OCCO1. The quantitative estimate of drug-likeness (QED) is 0.510. The Bertz CT molecular complexity index is 105. The largest absolute Gasteiger partial charge is 0.496 e. The lowest BCUT2D eigenvalue weighted by molar-refractivity contribution is -0.0448. The third-order valence-electron chi connectivity index (χ3n) is 1.15. The fourth-order valence-electron chi connectivity index (χ4n) is 0.641. The molecule has 0 aromatic heterocycles. The van der Waals surface area contributed by atoms with E-state index in [0.717, 1.165) is 0 Å². The van der Waals surface area contributed by atoms with Gasteiger partial charge in [0, 0.05) is 0 Å². The van der Waals surface area contributed by atoms with Crippen LogP contribution in [-0.2, 0) is 14.2 Å². The minimum absolute atomic E-state index is 0.338. The Hall–Kier alpha value is -0.540. The molecule has 0 unspecified atom stereocenters. The maximum atomic E-state index is 5.06. The van der Waals surface area contributed by atoms with E-state index in [-0.39, 0.29) is 6.29 Å². The van der Waals surface area contributed by atoms with Crippen molar-refractivity contribution < 1.29 is 14.2 Å². The van der Waals surface area contributed by atoms with Crippen molar-refractivity contribution in [3.63, 3.8) is 0 Å². The van der Waals surface area contributed by atoms with Crippen molar-refractivity contribution in [2.45, 2.75) is 6.29 Å². The first-order valence-corrected chi connectivity index (χ1v) is 2.80. The molecule has 1 aliphatic heterocycles. The van der Waals surface area contributed by atoms with Crippen LogP contribution in [0.3, 0.4) is 0 Å². The monoisotopic (exact) mass is 130 g/mol. The van der Waals surface area contributed by atoms with Crippen LogP contribution >= 0.6 is 0 Å². The van der Waals surface area contributed by atoms with Crippen LogP contribution in [-0.4, -0.2) is 26.6 Å². The average molecular weight is 130 g/mol. The van der Waals surface area contributed by atoms with Crippen molar-refractivity contribution in [3.05, 3.63) is 12.3 Å². The van der Waals surface area contributed by atoms with Crippen LogP contribution in [0.25, 0.3) is 0 Å². The van der Waals surface area contributed by atoms with Crippen LogP contribution < -0.4 is 0 Å². The molecule has 9 heavy (non-hydrogen) atoms. The Morgan fingerprint density at radius 1 is 1.56 bits per heavy atom. The summed E-state index contributed by atoms with van der Waals surface area (Å²) in [6, 6.07) is 0. The van der Waals surface area contributed by atoms with Crippen LogP contribution in [0.1, 0.15) is 0 Å². The molecule has 3 heteroatoms. The second-order valence-electron chi connectivity index (χ2n) is 1.74. The van der Waals surface area contributed by atoms with Crippen molar-refractivity contribution in [2.24, 2.45) is 0 Å². The lowest BCUT2D eigenvalue weighted by Gasteiger charge is -2.09. The molecule has 0 amide bonds. The molecule has 3 nitrogen and oxygen atoms in total. The van der Waals surface area contributed by atoms with Gasteiger partial charge in [-0.3, -0.25) is 0 Å². The van der Waals surface area contributed by atoms with Gasteiger partial charge in [0.1, 0.15) is 5.76 Å². The molecule has 0 saturated carbocycles. The number of methoxy groups -OCH3 is 1. The van der Waals surface area contributed by atoms with Crippen molar-refractivity contribution in [1.29, 1.82) is 0 Å². The molecule has 0 aliphatic carbocycles. The van der Waals surface area contributed by atoms with E-state index < -0.39 is 0 Å². The van der Waals surface area contributed by atoms with E-state index in [1.54, 1.807) is 7.11 Å². The molecule has 1 rings (SSSR count). The highest BCUT2D eigenvalue weighted by Gasteiger charge is 2.19. The van der Waals surface area contributed by atoms with E-state index in [0.29, 0.717) is 19.0 Å². The van der Waals surface area contributed by atoms with Gasteiger partial charge in [-0.2, -0.15) is 0 Å². The zero-order valence-corrected chi connectivity index (χ0v) is 5.42. The van der Waals surface area contributed by atoms with Gasteiger partial charge in [-0.05, 0) is 0 Å². The summed E-state index contributed by atoms with van der Waals surface area (Å²) >= 11 is 0. The third kappa shape index (κ3) is 1.43. The second-order valence-corrected chi connectivity index (χ2v) is 1.74. The summed E-state index contributed by atoms with van der Waals surface area (Å²) in [6.07, 6.45) is -0.338. The summed E-state index contributed by atoms with van der Waals surface area (Å²) in [5.74, 6) is 0.535. The van der Waals surface area contributed by atoms with Crippen LogP contribution in [0.15, 0.2) is 12.3 Å². The molecular weight excluding hydrogens is 120 g/mol. The Kier molecular flexibility index (Phi) is 2.08. The molecule has 52 valence electrons. The number of ether oxygens (including phenoxy) is 3. The molecule has 0 aromatic rings. The van der Waals surface area contributed by atoms with Crippen molar-refractivity contribution in [2.75, 3.05) is 20.3 Å². The molecule has 1 aliphatic rings. The zero-order chi connectivity index (χ0) is 6.69. The van der Waals surface area contributed by atoms with Crippen molar-refractivity contribution >= 4 is 0 Å². The summed E-state index contributed by atoms with van der Waals surface area (Å²) in [6.45, 7) is 4.85. The summed E-state index contributed by atoms with van der Waals surface area (Å²) < 4.78 is 14.9. The fourth-order valence-corrected chi connectivity index (χ4v) is 0.641. The molecule has 0 bridgehead atoms. The van der Waals surface area contributed by atoms with E-state index in [1.165, 1.54) is 0 Å². The van der Waals surface area contributed by atoms with Crippen molar-refractivity contribution in [1.82, 2.24) is 0 Å². The first kappa shape index (κ1) is 6.58. The predicted molar refractivity (Wildman–Crippen MR) is 31.8 cm³/mol. The minimum atomic E-state index is -0.338. The van der Waals surface area contributed by atoms with Crippen LogP contribution in [0.2, 0.25) is 0 Å². The van der Waals surface area contributed by atoms with Gasteiger partial charge in [-0.25, -0.2) is 0 Å².